The van der Waals surface area contributed by atoms with Crippen molar-refractivity contribution >= 4 is 0 Å². The summed E-state index contributed by atoms with van der Waals surface area (Å²) in [5.74, 6) is 3.79. The second kappa shape index (κ2) is 17.1. The number of hydrogen-bond acceptors (Lipinski definition) is 6. The van der Waals surface area contributed by atoms with Crippen LogP contribution >= 0.6 is 0 Å². The summed E-state index contributed by atoms with van der Waals surface area (Å²) in [6, 6.07) is 71.6. The first kappa shape index (κ1) is 43.4. The quantitative estimate of drug-likeness (QED) is 0.144. The summed E-state index contributed by atoms with van der Waals surface area (Å²) in [6.07, 6.45) is 0. The van der Waals surface area contributed by atoms with Crippen molar-refractivity contribution in [1.29, 1.82) is 0 Å². The zero-order valence-corrected chi connectivity index (χ0v) is 39.8. The van der Waals surface area contributed by atoms with Gasteiger partial charge in [0, 0.05) is 33.4 Å². The van der Waals surface area contributed by atoms with E-state index in [9.17, 15) is 0 Å². The second-order valence-corrected chi connectivity index (χ2v) is 19.6. The van der Waals surface area contributed by atoms with Crippen molar-refractivity contribution in [1.82, 2.24) is 29.9 Å². The van der Waals surface area contributed by atoms with Crippen LogP contribution in [0.5, 0.6) is 0 Å². The minimum absolute atomic E-state index is 0.00767. The molecular weight excluding hydrogens is 841 g/mol. The molecule has 0 unspecified atom stereocenters. The van der Waals surface area contributed by atoms with Gasteiger partial charge in [0.25, 0.3) is 0 Å². The van der Waals surface area contributed by atoms with Crippen molar-refractivity contribution in [2.75, 3.05) is 0 Å². The van der Waals surface area contributed by atoms with E-state index in [0.29, 0.717) is 34.9 Å². The summed E-state index contributed by atoms with van der Waals surface area (Å²) < 4.78 is 0. The molecule has 1 aliphatic carbocycles. The van der Waals surface area contributed by atoms with Gasteiger partial charge in [-0.15, -0.1) is 0 Å². The van der Waals surface area contributed by atoms with E-state index in [1.807, 2.05) is 97.1 Å². The van der Waals surface area contributed by atoms with E-state index in [2.05, 4.69) is 151 Å². The van der Waals surface area contributed by atoms with Gasteiger partial charge in [0.15, 0.2) is 34.9 Å². The summed E-state index contributed by atoms with van der Waals surface area (Å²) in [7, 11) is 0. The third kappa shape index (κ3) is 7.82. The number of hydrogen-bond donors (Lipinski definition) is 0. The molecule has 10 aromatic rings. The van der Waals surface area contributed by atoms with E-state index in [0.717, 1.165) is 50.1 Å². The van der Waals surface area contributed by atoms with Gasteiger partial charge in [0.1, 0.15) is 0 Å². The highest BCUT2D eigenvalue weighted by Crippen LogP contribution is 2.62. The van der Waals surface area contributed by atoms with Crippen LogP contribution in [0.2, 0.25) is 0 Å². The van der Waals surface area contributed by atoms with Crippen LogP contribution < -0.4 is 0 Å². The first-order chi connectivity index (χ1) is 33.4. The number of fused-ring (bicyclic) bond motifs is 1. The Labute approximate surface area is 405 Å². The third-order valence-electron chi connectivity index (χ3n) is 15.2. The molecule has 0 amide bonds. The fourth-order valence-electron chi connectivity index (χ4n) is 9.89. The predicted molar refractivity (Wildman–Crippen MR) is 282 cm³/mol. The largest absolute Gasteiger partial charge is 0.208 e. The van der Waals surface area contributed by atoms with Gasteiger partial charge < -0.3 is 0 Å². The number of nitrogens with zero attached hydrogens (tertiary/aromatic N) is 6. The van der Waals surface area contributed by atoms with Gasteiger partial charge in [0.05, 0.1) is 0 Å². The van der Waals surface area contributed by atoms with Crippen LogP contribution in [0.4, 0.5) is 0 Å². The van der Waals surface area contributed by atoms with Crippen molar-refractivity contribution < 1.29 is 0 Å². The molecular formula is C63H52N6. The van der Waals surface area contributed by atoms with E-state index in [4.69, 9.17) is 29.9 Å². The van der Waals surface area contributed by atoms with Gasteiger partial charge in [-0.1, -0.05) is 236 Å². The van der Waals surface area contributed by atoms with Gasteiger partial charge in [0.2, 0.25) is 0 Å². The SMILES string of the molecule is CC1(C)c2cc(-c3ccc(-c4nc(-c5ccccc5)nc(-c5ccccc5)n4)cc3)c(-c3ccc(-c4nc(-c5ccccc5)nc(-c5ccc(-c6ccccc6)cc5)n4)cc3)cc2C(C)(C)C1(C)C. The van der Waals surface area contributed by atoms with Crippen molar-refractivity contribution in [2.24, 2.45) is 5.41 Å². The minimum atomic E-state index is -0.0804. The lowest BCUT2D eigenvalue weighted by molar-refractivity contribution is 0.125. The molecule has 0 radical (unpaired) electrons. The van der Waals surface area contributed by atoms with Crippen LogP contribution in [0.1, 0.15) is 52.7 Å². The molecule has 2 heterocycles. The maximum atomic E-state index is 5.11. The molecule has 0 aliphatic heterocycles. The topological polar surface area (TPSA) is 77.3 Å². The Balaban J connectivity index is 1.00. The van der Waals surface area contributed by atoms with E-state index in [-0.39, 0.29) is 16.2 Å². The van der Waals surface area contributed by atoms with Crippen LogP contribution in [-0.4, -0.2) is 29.9 Å². The summed E-state index contributed by atoms with van der Waals surface area (Å²) in [5, 5.41) is 0. The van der Waals surface area contributed by atoms with Crippen molar-refractivity contribution in [3.05, 3.63) is 217 Å². The molecule has 1 aliphatic rings. The Kier molecular flexibility index (Phi) is 10.8. The summed E-state index contributed by atoms with van der Waals surface area (Å²) in [4.78, 5) is 30.2. The van der Waals surface area contributed by atoms with E-state index < -0.39 is 0 Å². The Hall–Kier alpha value is -8.22. The maximum absolute atomic E-state index is 5.11. The van der Waals surface area contributed by atoms with E-state index in [1.165, 1.54) is 27.8 Å². The summed E-state index contributed by atoms with van der Waals surface area (Å²) in [6.45, 7) is 14.5. The molecule has 0 fully saturated rings. The smallest absolute Gasteiger partial charge is 0.164 e. The highest BCUT2D eigenvalue weighted by atomic mass is 15.0. The van der Waals surface area contributed by atoms with Crippen LogP contribution in [0.3, 0.4) is 0 Å². The highest BCUT2D eigenvalue weighted by molar-refractivity contribution is 5.87. The number of benzene rings is 8. The Bertz CT molecular complexity index is 3400. The zero-order valence-electron chi connectivity index (χ0n) is 39.8. The third-order valence-corrected chi connectivity index (χ3v) is 15.2. The average molecular weight is 893 g/mol. The summed E-state index contributed by atoms with van der Waals surface area (Å²) in [5.41, 5.74) is 15.1. The van der Waals surface area contributed by atoms with Crippen LogP contribution in [0.25, 0.3) is 102 Å². The maximum Gasteiger partial charge on any atom is 0.164 e. The van der Waals surface area contributed by atoms with E-state index in [1.54, 1.807) is 0 Å². The molecule has 334 valence electrons. The monoisotopic (exact) mass is 892 g/mol. The van der Waals surface area contributed by atoms with Gasteiger partial charge in [-0.2, -0.15) is 0 Å². The standard InChI is InChI=1S/C63H52N6/c1-61(2)53-39-51(43-29-35-49(36-30-43)59-65-55(45-21-13-8-14-22-45)64-56(66-59)46-23-15-9-16-24-46)52(40-54(53)62(3,4)63(61,5)6)44-31-37-50(38-32-44)60-68-57(47-25-17-10-18-26-47)67-58(69-60)48-33-27-42(28-34-48)41-19-11-7-12-20-41/h7-40H,1-6H3. The normalized spacial score (nSPS) is 14.3. The van der Waals surface area contributed by atoms with E-state index >= 15 is 0 Å². The van der Waals surface area contributed by atoms with Crippen molar-refractivity contribution in [3.8, 4) is 102 Å². The zero-order chi connectivity index (χ0) is 47.3. The molecule has 0 atom stereocenters. The molecule has 2 aromatic heterocycles. The fraction of sp³-hybridized carbons (Fsp3) is 0.143. The van der Waals surface area contributed by atoms with Crippen molar-refractivity contribution in [3.63, 3.8) is 0 Å². The van der Waals surface area contributed by atoms with Crippen LogP contribution in [0, 0.1) is 5.41 Å². The molecule has 0 N–H and O–H groups in total. The molecule has 8 aromatic carbocycles. The first-order valence-corrected chi connectivity index (χ1v) is 23.7. The van der Waals surface area contributed by atoms with Crippen LogP contribution in [-0.2, 0) is 10.8 Å². The fourth-order valence-corrected chi connectivity index (χ4v) is 9.89. The van der Waals surface area contributed by atoms with Crippen LogP contribution in [0.15, 0.2) is 206 Å². The van der Waals surface area contributed by atoms with Crippen molar-refractivity contribution in [2.45, 2.75) is 52.4 Å². The molecule has 0 saturated carbocycles. The second-order valence-electron chi connectivity index (χ2n) is 19.6. The molecule has 6 nitrogen and oxygen atoms in total. The highest BCUT2D eigenvalue weighted by Gasteiger charge is 2.57. The van der Waals surface area contributed by atoms with Gasteiger partial charge in [-0.05, 0) is 72.9 Å². The molecule has 0 saturated heterocycles. The lowest BCUT2D eigenvalue weighted by Gasteiger charge is -2.44. The van der Waals surface area contributed by atoms with Gasteiger partial charge >= 0.3 is 0 Å². The molecule has 0 spiro atoms. The molecule has 0 bridgehead atoms. The molecule has 11 rings (SSSR count). The Morgan fingerprint density at radius 2 is 0.435 bits per heavy atom. The lowest BCUT2D eigenvalue weighted by Crippen LogP contribution is -2.42. The number of aromatic nitrogens is 6. The Morgan fingerprint density at radius 1 is 0.232 bits per heavy atom. The summed E-state index contributed by atoms with van der Waals surface area (Å²) >= 11 is 0. The predicted octanol–water partition coefficient (Wildman–Crippen LogP) is 15.7. The van der Waals surface area contributed by atoms with Gasteiger partial charge in [-0.3, -0.25) is 0 Å². The molecule has 6 heteroatoms. The minimum Gasteiger partial charge on any atom is -0.208 e. The lowest BCUT2D eigenvalue weighted by atomic mass is 9.59. The Morgan fingerprint density at radius 3 is 0.710 bits per heavy atom. The average Bonchev–Trinajstić information content (AvgIpc) is 3.51. The first-order valence-electron chi connectivity index (χ1n) is 23.7. The number of rotatable bonds is 9. The van der Waals surface area contributed by atoms with Gasteiger partial charge in [-0.25, -0.2) is 29.9 Å². The molecule has 69 heavy (non-hydrogen) atoms.